The van der Waals surface area contributed by atoms with Crippen molar-refractivity contribution in [2.45, 2.75) is 38.6 Å². The van der Waals surface area contributed by atoms with E-state index in [-0.39, 0.29) is 23.7 Å². The molecule has 2 heterocycles. The number of carbonyl (C=O) groups excluding carboxylic acids is 1. The summed E-state index contributed by atoms with van der Waals surface area (Å²) < 4.78 is 33.5. The number of aliphatic carboxylic acids is 1. The summed E-state index contributed by atoms with van der Waals surface area (Å²) in [7, 11) is 0. The predicted molar refractivity (Wildman–Crippen MR) is 123 cm³/mol. The first-order valence-electron chi connectivity index (χ1n) is 10.8. The van der Waals surface area contributed by atoms with Crippen LogP contribution in [0.2, 0.25) is 5.02 Å². The second-order valence-corrected chi connectivity index (χ2v) is 9.31. The lowest BCUT2D eigenvalue weighted by molar-refractivity contribution is -0.143. The van der Waals surface area contributed by atoms with Crippen LogP contribution in [0, 0.1) is 23.5 Å². The van der Waals surface area contributed by atoms with Crippen molar-refractivity contribution >= 4 is 40.7 Å². The zero-order valence-electron chi connectivity index (χ0n) is 18.2. The van der Waals surface area contributed by atoms with Crippen LogP contribution in [0.15, 0.2) is 40.0 Å². The summed E-state index contributed by atoms with van der Waals surface area (Å²) in [6.07, 6.45) is 3.53. The average Bonchev–Trinajstić information content (AvgIpc) is 3.37. The molecule has 4 rings (SSSR count). The Kier molecular flexibility index (Phi) is 7.27. The number of amidine groups is 1. The van der Waals surface area contributed by atoms with Gasteiger partial charge in [0.2, 0.25) is 0 Å². The number of rotatable bonds is 6. The average molecular weight is 510 g/mol. The van der Waals surface area contributed by atoms with Crippen molar-refractivity contribution in [3.05, 3.63) is 62.2 Å². The molecule has 0 radical (unpaired) electrons. The van der Waals surface area contributed by atoms with Crippen LogP contribution in [0.1, 0.15) is 49.2 Å². The second-order valence-electron chi connectivity index (χ2n) is 8.04. The Morgan fingerprint density at radius 1 is 1.26 bits per heavy atom. The van der Waals surface area contributed by atoms with E-state index in [0.717, 1.165) is 6.07 Å². The molecule has 0 spiro atoms. The lowest BCUT2D eigenvalue weighted by Gasteiger charge is -2.34. The lowest BCUT2D eigenvalue weighted by atomic mass is 9.78. The highest BCUT2D eigenvalue weighted by Gasteiger charge is 2.39. The summed E-state index contributed by atoms with van der Waals surface area (Å²) >= 11 is 7.50. The van der Waals surface area contributed by atoms with Gasteiger partial charge in [0.15, 0.2) is 22.5 Å². The number of ether oxygens (including phenoxy) is 1. The predicted octanol–water partition coefficient (Wildman–Crippen LogP) is 4.87. The van der Waals surface area contributed by atoms with E-state index in [9.17, 15) is 23.5 Å². The Morgan fingerprint density at radius 2 is 2.00 bits per heavy atom. The van der Waals surface area contributed by atoms with Crippen LogP contribution in [0.5, 0.6) is 0 Å². The number of allylic oxidation sites excluding steroid dienone is 1. The number of aliphatic imine (C=N–C) groups is 1. The van der Waals surface area contributed by atoms with Crippen molar-refractivity contribution < 1.29 is 28.2 Å². The van der Waals surface area contributed by atoms with Crippen LogP contribution in [0.4, 0.5) is 8.78 Å². The first-order valence-corrected chi connectivity index (χ1v) is 12.1. The molecule has 1 saturated carbocycles. The van der Waals surface area contributed by atoms with Gasteiger partial charge in [0, 0.05) is 22.8 Å². The fourth-order valence-electron chi connectivity index (χ4n) is 4.38. The number of carbonyl (C=O) groups is 2. The monoisotopic (exact) mass is 509 g/mol. The highest BCUT2D eigenvalue weighted by Crippen LogP contribution is 2.42. The molecule has 1 fully saturated rings. The molecule has 2 aromatic rings. The first kappa shape index (κ1) is 24.3. The zero-order valence-corrected chi connectivity index (χ0v) is 19.8. The number of thiazole rings is 1. The van der Waals surface area contributed by atoms with Crippen LogP contribution in [0.25, 0.3) is 0 Å². The second kappa shape index (κ2) is 10.2. The number of hydrogen-bond donors (Lipinski definition) is 2. The zero-order chi connectivity index (χ0) is 24.4. The number of nitrogens with one attached hydrogen (secondary N) is 1. The van der Waals surface area contributed by atoms with Crippen molar-refractivity contribution in [2.24, 2.45) is 16.8 Å². The fourth-order valence-corrected chi connectivity index (χ4v) is 5.22. The number of aromatic nitrogens is 1. The van der Waals surface area contributed by atoms with E-state index < -0.39 is 40.6 Å². The van der Waals surface area contributed by atoms with E-state index in [0.29, 0.717) is 42.2 Å². The molecule has 0 saturated heterocycles. The maximum absolute atomic E-state index is 14.4. The molecule has 0 unspecified atom stereocenters. The third-order valence-electron chi connectivity index (χ3n) is 6.05. The van der Waals surface area contributed by atoms with Crippen LogP contribution < -0.4 is 5.32 Å². The molecule has 0 amide bonds. The molecule has 0 bridgehead atoms. The van der Waals surface area contributed by atoms with Gasteiger partial charge in [-0.05, 0) is 44.6 Å². The van der Waals surface area contributed by atoms with E-state index in [1.54, 1.807) is 18.5 Å². The smallest absolute Gasteiger partial charge is 0.338 e. The number of benzene rings is 1. The third kappa shape index (κ3) is 4.69. The Balaban J connectivity index is 1.85. The van der Waals surface area contributed by atoms with Gasteiger partial charge >= 0.3 is 11.9 Å². The van der Waals surface area contributed by atoms with Crippen molar-refractivity contribution in [1.29, 1.82) is 0 Å². The molecule has 180 valence electrons. The number of carboxylic acids is 1. The molecule has 2 N–H and O–H groups in total. The normalized spacial score (nSPS) is 22.7. The van der Waals surface area contributed by atoms with Gasteiger partial charge in [0.05, 0.1) is 23.1 Å². The summed E-state index contributed by atoms with van der Waals surface area (Å²) in [6.45, 7) is 1.76. The molecule has 1 aromatic carbocycles. The molecule has 11 heteroatoms. The van der Waals surface area contributed by atoms with Crippen LogP contribution in [-0.4, -0.2) is 34.5 Å². The summed E-state index contributed by atoms with van der Waals surface area (Å²) in [5, 5.41) is 14.4. The van der Waals surface area contributed by atoms with Crippen molar-refractivity contribution in [2.75, 3.05) is 6.61 Å². The molecule has 1 aromatic heterocycles. The van der Waals surface area contributed by atoms with Gasteiger partial charge in [0.1, 0.15) is 6.04 Å². The first-order chi connectivity index (χ1) is 16.3. The maximum Gasteiger partial charge on any atom is 0.338 e. The summed E-state index contributed by atoms with van der Waals surface area (Å²) in [5.41, 5.74) is 0.790. The Morgan fingerprint density at radius 3 is 2.62 bits per heavy atom. The number of esters is 1. The Bertz CT molecular complexity index is 1160. The molecule has 2 aliphatic rings. The van der Waals surface area contributed by atoms with Gasteiger partial charge in [-0.2, -0.15) is 0 Å². The van der Waals surface area contributed by atoms with Gasteiger partial charge in [-0.15, -0.1) is 11.3 Å². The van der Waals surface area contributed by atoms with E-state index in [1.165, 1.54) is 17.4 Å². The van der Waals surface area contributed by atoms with Gasteiger partial charge in [-0.25, -0.2) is 18.6 Å². The van der Waals surface area contributed by atoms with E-state index in [4.69, 9.17) is 16.3 Å². The third-order valence-corrected chi connectivity index (χ3v) is 7.21. The largest absolute Gasteiger partial charge is 0.481 e. The van der Waals surface area contributed by atoms with E-state index >= 15 is 0 Å². The Hall–Kier alpha value is -2.85. The quantitative estimate of drug-likeness (QED) is 0.425. The topological polar surface area (TPSA) is 101 Å². The van der Waals surface area contributed by atoms with Gasteiger partial charge in [0.25, 0.3) is 0 Å². The van der Waals surface area contributed by atoms with E-state index in [2.05, 4.69) is 15.3 Å². The minimum absolute atomic E-state index is 0.0999. The highest BCUT2D eigenvalue weighted by atomic mass is 35.5. The van der Waals surface area contributed by atoms with Gasteiger partial charge in [-0.1, -0.05) is 17.7 Å². The number of nitrogens with zero attached hydrogens (tertiary/aromatic N) is 2. The minimum atomic E-state index is -1.23. The SMILES string of the molecule is CCOC(=O)C1=C(C2CCC(C(=O)O)CC2)NC(c2nccs2)=N[C@H]1c1ccc(F)c(F)c1Cl. The highest BCUT2D eigenvalue weighted by molar-refractivity contribution is 7.11. The molecule has 34 heavy (non-hydrogen) atoms. The molecular formula is C23H22ClF2N3O4S. The molecular weight excluding hydrogens is 488 g/mol. The van der Waals surface area contributed by atoms with Crippen LogP contribution >= 0.6 is 22.9 Å². The number of hydrogen-bond acceptors (Lipinski definition) is 7. The fraction of sp³-hybridized carbons (Fsp3) is 0.391. The van der Waals surface area contributed by atoms with Crippen molar-refractivity contribution in [3.8, 4) is 0 Å². The lowest BCUT2D eigenvalue weighted by Crippen LogP contribution is -2.38. The van der Waals surface area contributed by atoms with Crippen molar-refractivity contribution in [3.63, 3.8) is 0 Å². The van der Waals surface area contributed by atoms with Gasteiger partial charge < -0.3 is 15.2 Å². The summed E-state index contributed by atoms with van der Waals surface area (Å²) in [4.78, 5) is 33.5. The molecule has 1 atom stereocenters. The number of halogens is 3. The summed E-state index contributed by atoms with van der Waals surface area (Å²) in [5.74, 6) is -4.10. The van der Waals surface area contributed by atoms with Crippen LogP contribution in [-0.2, 0) is 14.3 Å². The number of carboxylic acid groups (broad SMARTS) is 1. The maximum atomic E-state index is 14.4. The molecule has 7 nitrogen and oxygen atoms in total. The molecule has 1 aliphatic heterocycles. The standard InChI is InChI=1S/C23H22ClF2N3O4S/c1-2-33-23(32)15-18(11-3-5-12(6-4-11)22(30)31)28-20(21-27-9-10-34-21)29-19(15)13-7-8-14(25)17(26)16(13)24/h7-12,19H,2-6H2,1H3,(H,28,29)(H,30,31)/t11?,12?,19-/m0/s1. The Labute approximate surface area is 203 Å². The van der Waals surface area contributed by atoms with Gasteiger partial charge in [-0.3, -0.25) is 9.79 Å². The minimum Gasteiger partial charge on any atom is -0.481 e. The van der Waals surface area contributed by atoms with E-state index in [1.807, 2.05) is 0 Å². The van der Waals surface area contributed by atoms with Crippen molar-refractivity contribution in [1.82, 2.24) is 10.3 Å². The van der Waals surface area contributed by atoms with Crippen LogP contribution in [0.3, 0.4) is 0 Å². The molecule has 1 aliphatic carbocycles. The summed E-state index contributed by atoms with van der Waals surface area (Å²) in [6, 6.07) is 1.18.